The molecule has 7 rings (SSSR count). The van der Waals surface area contributed by atoms with Crippen LogP contribution in [0.1, 0.15) is 48.5 Å². The molecule has 2 fully saturated rings. The molecule has 63 heavy (non-hydrogen) atoms. The Morgan fingerprint density at radius 2 is 1.67 bits per heavy atom. The molecule has 2 heterocycles. The molecule has 2 saturated heterocycles. The average Bonchev–Trinajstić information content (AvgIpc) is 3.28. The third-order valence-corrected chi connectivity index (χ3v) is 15.0. The number of ether oxygens (including phenoxy) is 1. The summed E-state index contributed by atoms with van der Waals surface area (Å²) in [5.41, 5.74) is 5.31. The number of nitro groups is 1. The van der Waals surface area contributed by atoms with Gasteiger partial charge >= 0.3 is 0 Å². The van der Waals surface area contributed by atoms with Crippen LogP contribution in [0.4, 0.5) is 17.1 Å². The number of hydrogen-bond acceptors (Lipinski definition) is 12. The number of carbonyl (C=O) groups excluding carboxylic acids is 1. The number of hydrogen-bond donors (Lipinski definition) is 3. The maximum Gasteiger partial charge on any atom is 0.293 e. The summed E-state index contributed by atoms with van der Waals surface area (Å²) in [6.07, 6.45) is 3.85. The molecule has 0 radical (unpaired) electrons. The molecule has 0 saturated carbocycles. The molecule has 13 nitrogen and oxygen atoms in total. The number of carbonyl (C=O) groups is 1. The number of allylic oxidation sites excluding steroid dienone is 1. The van der Waals surface area contributed by atoms with Gasteiger partial charge in [-0.2, -0.15) is 0 Å². The molecule has 1 amide bonds. The molecule has 336 valence electrons. The molecule has 16 heteroatoms. The number of anilines is 2. The van der Waals surface area contributed by atoms with E-state index in [1.165, 1.54) is 28.8 Å². The number of nitrogens with one attached hydrogen (secondary N) is 3. The van der Waals surface area contributed by atoms with E-state index in [9.17, 15) is 23.3 Å². The maximum absolute atomic E-state index is 13.4. The highest BCUT2D eigenvalue weighted by atomic mass is 35.5. The average molecular weight is 917 g/mol. The van der Waals surface area contributed by atoms with Crippen LogP contribution in [-0.2, 0) is 14.8 Å². The van der Waals surface area contributed by atoms with Crippen molar-refractivity contribution in [3.63, 3.8) is 0 Å². The van der Waals surface area contributed by atoms with Crippen molar-refractivity contribution in [1.82, 2.24) is 19.8 Å². The Hall–Kier alpha value is -4.48. The number of piperazine rings is 2. The second kappa shape index (κ2) is 21.5. The predicted octanol–water partition coefficient (Wildman–Crippen LogP) is 7.65. The molecule has 2 unspecified atom stereocenters. The van der Waals surface area contributed by atoms with Gasteiger partial charge in [0.1, 0.15) is 5.69 Å². The third kappa shape index (κ3) is 12.6. The lowest BCUT2D eigenvalue weighted by Crippen LogP contribution is -2.49. The van der Waals surface area contributed by atoms with Crippen molar-refractivity contribution in [2.24, 2.45) is 5.41 Å². The first kappa shape index (κ1) is 46.5. The van der Waals surface area contributed by atoms with Crippen LogP contribution in [0.5, 0.6) is 0 Å². The Balaban J connectivity index is 0.959. The number of rotatable bonds is 18. The monoisotopic (exact) mass is 915 g/mol. The van der Waals surface area contributed by atoms with Gasteiger partial charge < -0.3 is 25.2 Å². The number of nitrogens with zero attached hydrogens (tertiary/aromatic N) is 4. The summed E-state index contributed by atoms with van der Waals surface area (Å²) >= 11 is 7.88. The lowest BCUT2D eigenvalue weighted by atomic mass is 9.71. The Morgan fingerprint density at radius 1 is 0.952 bits per heavy atom. The summed E-state index contributed by atoms with van der Waals surface area (Å²) in [6.45, 7) is 12.6. The van der Waals surface area contributed by atoms with Crippen LogP contribution in [0.25, 0.3) is 5.57 Å². The summed E-state index contributed by atoms with van der Waals surface area (Å²) in [7, 11) is -2.85. The fourth-order valence-corrected chi connectivity index (χ4v) is 11.0. The second-order valence-electron chi connectivity index (χ2n) is 17.0. The largest absolute Gasteiger partial charge is 0.385 e. The maximum atomic E-state index is 13.4. The number of methoxy groups -OCH3 is 1. The van der Waals surface area contributed by atoms with E-state index in [4.69, 9.17) is 16.3 Å². The number of sulfonamides is 1. The number of nitro benzene ring substituents is 1. The number of thioether (sulfide) groups is 1. The van der Waals surface area contributed by atoms with Gasteiger partial charge in [0.15, 0.2) is 0 Å². The molecule has 4 aromatic carbocycles. The number of amides is 1. The van der Waals surface area contributed by atoms with Crippen LogP contribution in [0.3, 0.4) is 0 Å². The van der Waals surface area contributed by atoms with Gasteiger partial charge in [-0.25, -0.2) is 13.1 Å². The minimum atomic E-state index is -4.44. The minimum Gasteiger partial charge on any atom is -0.385 e. The molecule has 0 aromatic heterocycles. The van der Waals surface area contributed by atoms with Crippen LogP contribution < -0.4 is 20.3 Å². The highest BCUT2D eigenvalue weighted by Crippen LogP contribution is 2.44. The zero-order valence-electron chi connectivity index (χ0n) is 36.1. The van der Waals surface area contributed by atoms with Crippen molar-refractivity contribution in [3.8, 4) is 0 Å². The summed E-state index contributed by atoms with van der Waals surface area (Å²) in [5, 5.41) is 19.6. The summed E-state index contributed by atoms with van der Waals surface area (Å²) in [6, 6.07) is 28.4. The van der Waals surface area contributed by atoms with E-state index < -0.39 is 26.5 Å². The second-order valence-corrected chi connectivity index (χ2v) is 20.2. The molecule has 1 aliphatic carbocycles. The first-order valence-electron chi connectivity index (χ1n) is 21.6. The van der Waals surface area contributed by atoms with Crippen molar-refractivity contribution in [1.29, 1.82) is 0 Å². The predicted molar refractivity (Wildman–Crippen MR) is 254 cm³/mol. The van der Waals surface area contributed by atoms with Gasteiger partial charge in [-0.15, -0.1) is 11.8 Å². The van der Waals surface area contributed by atoms with E-state index in [1.807, 2.05) is 54.6 Å². The molecule has 4 aromatic rings. The minimum absolute atomic E-state index is 0.161. The van der Waals surface area contributed by atoms with Gasteiger partial charge in [0.05, 0.1) is 9.82 Å². The molecule has 0 bridgehead atoms. The number of benzene rings is 4. The van der Waals surface area contributed by atoms with E-state index in [2.05, 4.69) is 49.1 Å². The quantitative estimate of drug-likeness (QED) is 0.0512. The Bertz CT molecular complexity index is 2320. The summed E-state index contributed by atoms with van der Waals surface area (Å²) in [4.78, 5) is 33.0. The highest BCUT2D eigenvalue weighted by Gasteiger charge is 2.35. The molecule has 0 spiro atoms. The molecule has 2 aliphatic heterocycles. The first-order valence-corrected chi connectivity index (χ1v) is 24.5. The van der Waals surface area contributed by atoms with Crippen LogP contribution in [0.15, 0.2) is 112 Å². The number of halogens is 1. The van der Waals surface area contributed by atoms with Crippen molar-refractivity contribution in [2.45, 2.75) is 48.4 Å². The van der Waals surface area contributed by atoms with E-state index in [0.29, 0.717) is 18.8 Å². The first-order chi connectivity index (χ1) is 30.4. The highest BCUT2D eigenvalue weighted by molar-refractivity contribution is 7.99. The standard InChI is InChI=1S/C47H58ClN7O6S2/c1-47(34-53-23-21-49-22-24-53)20-18-43(35-8-12-38(48)13-9-35)37(31-47)32-52-25-27-54(28-26-52)40-14-10-36(11-15-40)46(56)51-63(59,60)42-16-17-44(45(30-42)55(57)58)50-39(19-29-61-2)33-62-41-6-4-3-5-7-41/h3-17,30,39,49-50H,18-29,31-34H2,1-2H3,(H,51,56). The smallest absolute Gasteiger partial charge is 0.293 e. The summed E-state index contributed by atoms with van der Waals surface area (Å²) in [5.74, 6) is -0.229. The van der Waals surface area contributed by atoms with E-state index >= 15 is 0 Å². The van der Waals surface area contributed by atoms with Crippen LogP contribution in [0, 0.1) is 15.5 Å². The fourth-order valence-electron chi connectivity index (χ4n) is 8.85. The van der Waals surface area contributed by atoms with Crippen molar-refractivity contribution < 1.29 is 22.9 Å². The van der Waals surface area contributed by atoms with Crippen LogP contribution in [-0.4, -0.2) is 120 Å². The van der Waals surface area contributed by atoms with Crippen LogP contribution >= 0.6 is 23.4 Å². The molecule has 3 N–H and O–H groups in total. The van der Waals surface area contributed by atoms with E-state index in [-0.39, 0.29) is 27.6 Å². The molecule has 2 atom stereocenters. The van der Waals surface area contributed by atoms with Gasteiger partial charge in [0, 0.05) is 118 Å². The van der Waals surface area contributed by atoms with Crippen molar-refractivity contribution in [3.05, 3.63) is 129 Å². The zero-order valence-corrected chi connectivity index (χ0v) is 38.5. The normalized spacial score (nSPS) is 19.4. The van der Waals surface area contributed by atoms with Gasteiger partial charge in [0.25, 0.3) is 21.6 Å². The van der Waals surface area contributed by atoms with Gasteiger partial charge in [-0.3, -0.25) is 19.8 Å². The molecular formula is C47H58ClN7O6S2. The van der Waals surface area contributed by atoms with Gasteiger partial charge in [0.2, 0.25) is 0 Å². The van der Waals surface area contributed by atoms with E-state index in [1.54, 1.807) is 31.0 Å². The zero-order chi connectivity index (χ0) is 44.4. The van der Waals surface area contributed by atoms with Crippen molar-refractivity contribution >= 4 is 61.9 Å². The summed E-state index contributed by atoms with van der Waals surface area (Å²) < 4.78 is 34.2. The fraction of sp³-hybridized carbons (Fsp3) is 0.426. The lowest BCUT2D eigenvalue weighted by Gasteiger charge is -2.43. The van der Waals surface area contributed by atoms with Gasteiger partial charge in [-0.05, 0) is 103 Å². The topological polar surface area (TPSA) is 149 Å². The van der Waals surface area contributed by atoms with Gasteiger partial charge in [-0.1, -0.05) is 54.4 Å². The molecular weight excluding hydrogens is 858 g/mol. The molecule has 3 aliphatic rings. The Morgan fingerprint density at radius 3 is 2.35 bits per heavy atom. The lowest BCUT2D eigenvalue weighted by molar-refractivity contribution is -0.384. The Labute approximate surface area is 380 Å². The van der Waals surface area contributed by atoms with E-state index in [0.717, 1.165) is 106 Å². The third-order valence-electron chi connectivity index (χ3n) is 12.3. The Kier molecular flexibility index (Phi) is 15.8. The van der Waals surface area contributed by atoms with Crippen LogP contribution in [0.2, 0.25) is 5.02 Å². The SMILES string of the molecule is COCCC(CSc1ccccc1)Nc1ccc(S(=O)(=O)NC(=O)c2ccc(N3CCN(CC4=C(c5ccc(Cl)cc5)CCC(C)(CN5CCNCC5)C4)CC3)cc2)cc1[N+](=O)[O-]. The van der Waals surface area contributed by atoms with Crippen molar-refractivity contribution in [2.75, 3.05) is 95.1 Å².